The zero-order chi connectivity index (χ0) is 14.8. The van der Waals surface area contributed by atoms with E-state index < -0.39 is 0 Å². The van der Waals surface area contributed by atoms with Gasteiger partial charge in [-0.3, -0.25) is 4.98 Å². The van der Waals surface area contributed by atoms with Crippen molar-refractivity contribution in [3.05, 3.63) is 51.8 Å². The van der Waals surface area contributed by atoms with Gasteiger partial charge in [0.25, 0.3) is 0 Å². The van der Waals surface area contributed by atoms with E-state index in [1.807, 2.05) is 18.3 Å². The summed E-state index contributed by atoms with van der Waals surface area (Å²) in [4.78, 5) is 4.27. The van der Waals surface area contributed by atoms with E-state index in [0.29, 0.717) is 6.04 Å². The average molecular weight is 347 g/mol. The van der Waals surface area contributed by atoms with E-state index in [0.717, 1.165) is 28.1 Å². The van der Waals surface area contributed by atoms with E-state index in [-0.39, 0.29) is 0 Å². The Labute approximate surface area is 133 Å². The highest BCUT2D eigenvalue weighted by Gasteiger charge is 2.20. The summed E-state index contributed by atoms with van der Waals surface area (Å²) in [6.45, 7) is 4.99. The SMILES string of the molecule is Cc1cc(Oc2cncc(CNC3CC3)c2)cc(C)c1Br. The number of nitrogens with zero attached hydrogens (tertiary/aromatic N) is 1. The molecule has 0 unspecified atom stereocenters. The van der Waals surface area contributed by atoms with Gasteiger partial charge in [-0.05, 0) is 61.6 Å². The van der Waals surface area contributed by atoms with E-state index in [1.54, 1.807) is 6.20 Å². The van der Waals surface area contributed by atoms with Crippen molar-refractivity contribution in [3.63, 3.8) is 0 Å². The van der Waals surface area contributed by atoms with Gasteiger partial charge in [0.15, 0.2) is 0 Å². The van der Waals surface area contributed by atoms with Crippen LogP contribution in [0, 0.1) is 13.8 Å². The molecule has 0 saturated heterocycles. The van der Waals surface area contributed by atoms with Crippen LogP contribution in [0.4, 0.5) is 0 Å². The van der Waals surface area contributed by atoms with Crippen molar-refractivity contribution >= 4 is 15.9 Å². The minimum atomic E-state index is 0.700. The summed E-state index contributed by atoms with van der Waals surface area (Å²) in [5.74, 6) is 1.63. The fourth-order valence-electron chi connectivity index (χ4n) is 2.27. The molecule has 4 heteroatoms. The number of pyridine rings is 1. The molecule has 21 heavy (non-hydrogen) atoms. The van der Waals surface area contributed by atoms with Crippen LogP contribution in [-0.4, -0.2) is 11.0 Å². The van der Waals surface area contributed by atoms with Crippen LogP contribution in [0.3, 0.4) is 0 Å². The standard InChI is InChI=1S/C17H19BrN2O/c1-11-5-15(6-12(2)17(11)18)21-16-7-13(8-19-10-16)9-20-14-3-4-14/h5-8,10,14,20H,3-4,9H2,1-2H3. The minimum absolute atomic E-state index is 0.700. The second kappa shape index (κ2) is 6.16. The molecule has 1 aromatic heterocycles. The monoisotopic (exact) mass is 346 g/mol. The lowest BCUT2D eigenvalue weighted by atomic mass is 10.1. The van der Waals surface area contributed by atoms with E-state index in [1.165, 1.54) is 24.0 Å². The van der Waals surface area contributed by atoms with Gasteiger partial charge in [-0.25, -0.2) is 0 Å². The average Bonchev–Trinajstić information content (AvgIpc) is 3.27. The molecule has 1 fully saturated rings. The highest BCUT2D eigenvalue weighted by Crippen LogP contribution is 2.29. The Bertz CT molecular complexity index is 630. The number of rotatable bonds is 5. The number of nitrogens with one attached hydrogen (secondary N) is 1. The minimum Gasteiger partial charge on any atom is -0.456 e. The Morgan fingerprint density at radius 2 is 1.86 bits per heavy atom. The first-order valence-electron chi connectivity index (χ1n) is 7.24. The third-order valence-electron chi connectivity index (χ3n) is 3.59. The lowest BCUT2D eigenvalue weighted by Gasteiger charge is -2.10. The van der Waals surface area contributed by atoms with E-state index >= 15 is 0 Å². The van der Waals surface area contributed by atoms with Crippen molar-refractivity contribution in [3.8, 4) is 11.5 Å². The van der Waals surface area contributed by atoms with Gasteiger partial charge in [0.1, 0.15) is 11.5 Å². The molecular weight excluding hydrogens is 328 g/mol. The van der Waals surface area contributed by atoms with Gasteiger partial charge < -0.3 is 10.1 Å². The molecule has 0 spiro atoms. The summed E-state index contributed by atoms with van der Waals surface area (Å²) in [5, 5.41) is 3.49. The molecule has 0 amide bonds. The molecule has 1 aliphatic rings. The normalized spacial score (nSPS) is 14.2. The number of hydrogen-bond acceptors (Lipinski definition) is 3. The molecule has 0 bridgehead atoms. The van der Waals surface area contributed by atoms with Crippen LogP contribution in [-0.2, 0) is 6.54 Å². The van der Waals surface area contributed by atoms with Crippen molar-refractivity contribution in [1.29, 1.82) is 0 Å². The largest absolute Gasteiger partial charge is 0.456 e. The fraction of sp³-hybridized carbons (Fsp3) is 0.353. The number of hydrogen-bond donors (Lipinski definition) is 1. The lowest BCUT2D eigenvalue weighted by Crippen LogP contribution is -2.15. The van der Waals surface area contributed by atoms with Crippen molar-refractivity contribution in [2.24, 2.45) is 0 Å². The smallest absolute Gasteiger partial charge is 0.146 e. The number of aryl methyl sites for hydroxylation is 2. The molecule has 3 nitrogen and oxygen atoms in total. The molecule has 1 aromatic carbocycles. The quantitative estimate of drug-likeness (QED) is 0.864. The van der Waals surface area contributed by atoms with Crippen molar-refractivity contribution in [1.82, 2.24) is 10.3 Å². The highest BCUT2D eigenvalue weighted by molar-refractivity contribution is 9.10. The Morgan fingerprint density at radius 3 is 2.52 bits per heavy atom. The summed E-state index contributed by atoms with van der Waals surface area (Å²) >= 11 is 3.57. The topological polar surface area (TPSA) is 34.1 Å². The van der Waals surface area contributed by atoms with Crippen LogP contribution in [0.1, 0.15) is 29.5 Å². The molecule has 0 radical (unpaired) electrons. The zero-order valence-corrected chi connectivity index (χ0v) is 13.9. The first-order chi connectivity index (χ1) is 10.1. The maximum atomic E-state index is 5.95. The third kappa shape index (κ3) is 3.83. The van der Waals surface area contributed by atoms with Gasteiger partial charge in [0.05, 0.1) is 6.20 Å². The zero-order valence-electron chi connectivity index (χ0n) is 12.3. The second-order valence-electron chi connectivity index (χ2n) is 5.66. The summed E-state index contributed by atoms with van der Waals surface area (Å²) in [6.07, 6.45) is 6.23. The van der Waals surface area contributed by atoms with Gasteiger partial charge in [-0.1, -0.05) is 15.9 Å². The molecule has 2 aromatic rings. The second-order valence-corrected chi connectivity index (χ2v) is 6.45. The van der Waals surface area contributed by atoms with Gasteiger partial charge in [-0.2, -0.15) is 0 Å². The molecule has 110 valence electrons. The van der Waals surface area contributed by atoms with Crippen LogP contribution in [0.5, 0.6) is 11.5 Å². The van der Waals surface area contributed by atoms with E-state index in [2.05, 4.69) is 46.1 Å². The molecule has 1 heterocycles. The Kier molecular flexibility index (Phi) is 4.27. The van der Waals surface area contributed by atoms with E-state index in [4.69, 9.17) is 4.74 Å². The Hall–Kier alpha value is -1.39. The molecule has 0 aliphatic heterocycles. The van der Waals surface area contributed by atoms with Crippen LogP contribution in [0.25, 0.3) is 0 Å². The molecule has 3 rings (SSSR count). The number of aromatic nitrogens is 1. The van der Waals surface area contributed by atoms with Gasteiger partial charge >= 0.3 is 0 Å². The number of halogens is 1. The first kappa shape index (κ1) is 14.5. The maximum Gasteiger partial charge on any atom is 0.146 e. The van der Waals surface area contributed by atoms with Crippen molar-refractivity contribution in [2.45, 2.75) is 39.3 Å². The van der Waals surface area contributed by atoms with Crippen molar-refractivity contribution < 1.29 is 4.74 Å². The Morgan fingerprint density at radius 1 is 1.14 bits per heavy atom. The van der Waals surface area contributed by atoms with Crippen LogP contribution >= 0.6 is 15.9 Å². The van der Waals surface area contributed by atoms with Gasteiger partial charge in [0.2, 0.25) is 0 Å². The van der Waals surface area contributed by atoms with Crippen LogP contribution in [0.2, 0.25) is 0 Å². The predicted molar refractivity (Wildman–Crippen MR) is 87.8 cm³/mol. The summed E-state index contributed by atoms with van der Waals surface area (Å²) in [5.41, 5.74) is 3.50. The Balaban J connectivity index is 1.73. The third-order valence-corrected chi connectivity index (χ3v) is 4.84. The van der Waals surface area contributed by atoms with Gasteiger partial charge in [0, 0.05) is 23.3 Å². The molecular formula is C17H19BrN2O. The number of benzene rings is 1. The molecule has 1 N–H and O–H groups in total. The van der Waals surface area contributed by atoms with Gasteiger partial charge in [-0.15, -0.1) is 0 Å². The lowest BCUT2D eigenvalue weighted by molar-refractivity contribution is 0.478. The molecule has 1 saturated carbocycles. The number of ether oxygens (including phenoxy) is 1. The van der Waals surface area contributed by atoms with Crippen LogP contribution in [0.15, 0.2) is 35.1 Å². The summed E-state index contributed by atoms with van der Waals surface area (Å²) in [7, 11) is 0. The van der Waals surface area contributed by atoms with Crippen LogP contribution < -0.4 is 10.1 Å². The molecule has 0 atom stereocenters. The first-order valence-corrected chi connectivity index (χ1v) is 8.03. The fourth-order valence-corrected chi connectivity index (χ4v) is 2.50. The van der Waals surface area contributed by atoms with E-state index in [9.17, 15) is 0 Å². The summed E-state index contributed by atoms with van der Waals surface area (Å²) in [6, 6.07) is 6.82. The summed E-state index contributed by atoms with van der Waals surface area (Å²) < 4.78 is 7.08. The highest BCUT2D eigenvalue weighted by atomic mass is 79.9. The predicted octanol–water partition coefficient (Wildman–Crippen LogP) is 4.51. The maximum absolute atomic E-state index is 5.95. The van der Waals surface area contributed by atoms with Crippen molar-refractivity contribution in [2.75, 3.05) is 0 Å². The molecule has 1 aliphatic carbocycles.